The summed E-state index contributed by atoms with van der Waals surface area (Å²) in [5, 5.41) is 11.8. The van der Waals surface area contributed by atoms with Crippen molar-refractivity contribution in [3.63, 3.8) is 0 Å². The number of carboxylic acids is 1. The number of hydrogen-bond acceptors (Lipinski definition) is 3. The van der Waals surface area contributed by atoms with Gasteiger partial charge in [0.15, 0.2) is 0 Å². The van der Waals surface area contributed by atoms with Crippen molar-refractivity contribution in [2.24, 2.45) is 5.73 Å². The molecule has 0 aromatic heterocycles. The molecule has 4 N–H and O–H groups in total. The Morgan fingerprint density at radius 2 is 1.55 bits per heavy atom. The fraction of sp³-hybridized carbons (Fsp3) is 0.167. The van der Waals surface area contributed by atoms with Crippen molar-refractivity contribution in [3.8, 4) is 11.1 Å². The van der Waals surface area contributed by atoms with Gasteiger partial charge in [-0.2, -0.15) is 0 Å². The number of carbonyl (C=O) groups is 2. The molecule has 1 unspecified atom stereocenters. The monoisotopic (exact) mass is 388 g/mol. The average molecular weight is 388 g/mol. The van der Waals surface area contributed by atoms with Crippen molar-refractivity contribution in [2.75, 3.05) is 6.54 Å². The Kier molecular flexibility index (Phi) is 6.76. The summed E-state index contributed by atoms with van der Waals surface area (Å²) in [5.74, 6) is -1.20. The lowest BCUT2D eigenvalue weighted by Gasteiger charge is -2.11. The molecule has 148 valence electrons. The molecule has 5 heteroatoms. The van der Waals surface area contributed by atoms with Crippen LogP contribution in [-0.2, 0) is 17.6 Å². The van der Waals surface area contributed by atoms with E-state index in [2.05, 4.69) is 29.6 Å². The first-order valence-corrected chi connectivity index (χ1v) is 9.53. The van der Waals surface area contributed by atoms with Gasteiger partial charge in [0, 0.05) is 12.1 Å². The van der Waals surface area contributed by atoms with Crippen molar-refractivity contribution < 1.29 is 14.7 Å². The summed E-state index contributed by atoms with van der Waals surface area (Å²) >= 11 is 0. The largest absolute Gasteiger partial charge is 0.480 e. The molecule has 0 saturated heterocycles. The van der Waals surface area contributed by atoms with E-state index in [1.54, 1.807) is 24.3 Å². The van der Waals surface area contributed by atoms with Crippen LogP contribution in [0, 0.1) is 0 Å². The second kappa shape index (κ2) is 9.66. The van der Waals surface area contributed by atoms with Crippen molar-refractivity contribution in [1.29, 1.82) is 0 Å². The first-order chi connectivity index (χ1) is 14.0. The van der Waals surface area contributed by atoms with E-state index in [4.69, 9.17) is 10.8 Å². The van der Waals surface area contributed by atoms with Gasteiger partial charge in [-0.15, -0.1) is 0 Å². The predicted octanol–water partition coefficient (Wildman–Crippen LogP) is 3.28. The number of benzene rings is 3. The highest BCUT2D eigenvalue weighted by molar-refractivity contribution is 5.94. The van der Waals surface area contributed by atoms with Crippen molar-refractivity contribution >= 4 is 11.9 Å². The van der Waals surface area contributed by atoms with Crippen LogP contribution in [0.4, 0.5) is 0 Å². The lowest BCUT2D eigenvalue weighted by Crippen LogP contribution is -2.32. The van der Waals surface area contributed by atoms with Crippen molar-refractivity contribution in [2.45, 2.75) is 18.9 Å². The molecule has 3 aromatic carbocycles. The minimum atomic E-state index is -1.04. The Hall–Kier alpha value is -3.44. The molecule has 0 heterocycles. The second-order valence-corrected chi connectivity index (χ2v) is 6.87. The molecule has 0 bridgehead atoms. The SMILES string of the molecule is NC(Cc1ccc(C(=O)NCCc2ccccc2-c2ccccc2)cc1)C(=O)O. The van der Waals surface area contributed by atoms with Gasteiger partial charge >= 0.3 is 5.97 Å². The van der Waals surface area contributed by atoms with E-state index in [0.29, 0.717) is 12.1 Å². The zero-order valence-corrected chi connectivity index (χ0v) is 16.0. The van der Waals surface area contributed by atoms with E-state index in [1.807, 2.05) is 30.3 Å². The lowest BCUT2D eigenvalue weighted by atomic mass is 9.98. The van der Waals surface area contributed by atoms with Crippen LogP contribution >= 0.6 is 0 Å². The van der Waals surface area contributed by atoms with Crippen LogP contribution in [0.2, 0.25) is 0 Å². The number of amides is 1. The van der Waals surface area contributed by atoms with E-state index in [0.717, 1.165) is 17.5 Å². The molecule has 0 aliphatic carbocycles. The number of carbonyl (C=O) groups excluding carboxylic acids is 1. The number of hydrogen-bond donors (Lipinski definition) is 3. The molecule has 0 spiro atoms. The fourth-order valence-electron chi connectivity index (χ4n) is 3.18. The summed E-state index contributed by atoms with van der Waals surface area (Å²) in [6.07, 6.45) is 0.954. The van der Waals surface area contributed by atoms with Gasteiger partial charge in [-0.05, 0) is 47.2 Å². The Balaban J connectivity index is 1.58. The Morgan fingerprint density at radius 3 is 2.24 bits per heavy atom. The summed E-state index contributed by atoms with van der Waals surface area (Å²) in [5.41, 5.74) is 10.4. The lowest BCUT2D eigenvalue weighted by molar-refractivity contribution is -0.138. The number of aliphatic carboxylic acids is 1. The average Bonchev–Trinajstić information content (AvgIpc) is 2.75. The third-order valence-electron chi connectivity index (χ3n) is 4.77. The summed E-state index contributed by atoms with van der Waals surface area (Å²) in [4.78, 5) is 23.2. The first-order valence-electron chi connectivity index (χ1n) is 9.53. The van der Waals surface area contributed by atoms with Crippen LogP contribution in [-0.4, -0.2) is 29.6 Å². The molecule has 1 atom stereocenters. The molecule has 3 aromatic rings. The van der Waals surface area contributed by atoms with E-state index in [1.165, 1.54) is 11.1 Å². The standard InChI is InChI=1S/C24H24N2O3/c25-22(24(28)29)16-17-10-12-20(13-11-17)23(27)26-15-14-19-8-4-5-9-21(19)18-6-2-1-3-7-18/h1-13,22H,14-16,25H2,(H,26,27)(H,28,29). The third-order valence-corrected chi connectivity index (χ3v) is 4.77. The second-order valence-electron chi connectivity index (χ2n) is 6.87. The van der Waals surface area contributed by atoms with Crippen LogP contribution in [0.3, 0.4) is 0 Å². The summed E-state index contributed by atoms with van der Waals surface area (Å²) in [7, 11) is 0. The van der Waals surface area contributed by atoms with Gasteiger partial charge in [-0.25, -0.2) is 0 Å². The van der Waals surface area contributed by atoms with E-state index in [9.17, 15) is 9.59 Å². The highest BCUT2D eigenvalue weighted by atomic mass is 16.4. The molecule has 0 aliphatic heterocycles. The molecule has 29 heavy (non-hydrogen) atoms. The van der Waals surface area contributed by atoms with Crippen LogP contribution in [0.25, 0.3) is 11.1 Å². The normalized spacial score (nSPS) is 11.6. The van der Waals surface area contributed by atoms with Crippen molar-refractivity contribution in [3.05, 3.63) is 95.6 Å². The first kappa shape index (κ1) is 20.3. The van der Waals surface area contributed by atoms with Gasteiger partial charge in [-0.1, -0.05) is 66.7 Å². The number of nitrogens with one attached hydrogen (secondary N) is 1. The number of rotatable bonds is 8. The van der Waals surface area contributed by atoms with Gasteiger partial charge in [0.2, 0.25) is 0 Å². The maximum Gasteiger partial charge on any atom is 0.320 e. The minimum absolute atomic E-state index is 0.156. The zero-order chi connectivity index (χ0) is 20.6. The Morgan fingerprint density at radius 1 is 0.897 bits per heavy atom. The molecular weight excluding hydrogens is 364 g/mol. The van der Waals surface area contributed by atoms with Crippen molar-refractivity contribution in [1.82, 2.24) is 5.32 Å². The van der Waals surface area contributed by atoms with E-state index in [-0.39, 0.29) is 12.3 Å². The maximum absolute atomic E-state index is 12.4. The smallest absolute Gasteiger partial charge is 0.320 e. The molecule has 5 nitrogen and oxygen atoms in total. The van der Waals surface area contributed by atoms with Crippen LogP contribution in [0.5, 0.6) is 0 Å². The Labute approximate surface area is 170 Å². The predicted molar refractivity (Wildman–Crippen MR) is 114 cm³/mol. The van der Waals surface area contributed by atoms with Gasteiger partial charge in [0.25, 0.3) is 5.91 Å². The maximum atomic E-state index is 12.4. The fourth-order valence-corrected chi connectivity index (χ4v) is 3.18. The molecular formula is C24H24N2O3. The summed E-state index contributed by atoms with van der Waals surface area (Å²) in [6.45, 7) is 0.522. The van der Waals surface area contributed by atoms with Gasteiger partial charge in [0.1, 0.15) is 6.04 Å². The quantitative estimate of drug-likeness (QED) is 0.552. The van der Waals surface area contributed by atoms with Crippen LogP contribution in [0.15, 0.2) is 78.9 Å². The Bertz CT molecular complexity index is 969. The number of carboxylic acid groups (broad SMARTS) is 1. The van der Waals surface area contributed by atoms with Gasteiger partial charge in [-0.3, -0.25) is 9.59 Å². The zero-order valence-electron chi connectivity index (χ0n) is 16.0. The molecule has 1 amide bonds. The molecule has 0 aliphatic rings. The van der Waals surface area contributed by atoms with E-state index < -0.39 is 12.0 Å². The molecule has 0 radical (unpaired) electrons. The number of nitrogens with two attached hydrogens (primary N) is 1. The highest BCUT2D eigenvalue weighted by Crippen LogP contribution is 2.23. The summed E-state index contributed by atoms with van der Waals surface area (Å²) in [6, 6.07) is 24.3. The summed E-state index contributed by atoms with van der Waals surface area (Å²) < 4.78 is 0. The minimum Gasteiger partial charge on any atom is -0.480 e. The van der Waals surface area contributed by atoms with Crippen LogP contribution in [0.1, 0.15) is 21.5 Å². The van der Waals surface area contributed by atoms with E-state index >= 15 is 0 Å². The molecule has 0 saturated carbocycles. The van der Waals surface area contributed by atoms with Gasteiger partial charge in [0.05, 0.1) is 0 Å². The van der Waals surface area contributed by atoms with Crippen LogP contribution < -0.4 is 11.1 Å². The highest BCUT2D eigenvalue weighted by Gasteiger charge is 2.13. The third kappa shape index (κ3) is 5.53. The van der Waals surface area contributed by atoms with Gasteiger partial charge < -0.3 is 16.2 Å². The molecule has 3 rings (SSSR count). The topological polar surface area (TPSA) is 92.4 Å². The molecule has 0 fully saturated rings.